The van der Waals surface area contributed by atoms with Crippen LogP contribution in [0.4, 0.5) is 5.69 Å². The molecule has 0 aliphatic rings. The third-order valence-corrected chi connectivity index (χ3v) is 3.03. The van der Waals surface area contributed by atoms with Crippen molar-refractivity contribution in [2.75, 3.05) is 0 Å². The minimum atomic E-state index is -0.459. The predicted octanol–water partition coefficient (Wildman–Crippen LogP) is 2.87. The quantitative estimate of drug-likeness (QED) is 0.486. The molecule has 0 aliphatic carbocycles. The number of nitro benzene ring substituents is 1. The van der Waals surface area contributed by atoms with Crippen molar-refractivity contribution in [1.29, 1.82) is 0 Å². The highest BCUT2D eigenvalue weighted by atomic mass is 16.6. The second-order valence-electron chi connectivity index (χ2n) is 4.51. The van der Waals surface area contributed by atoms with Gasteiger partial charge in [-0.15, -0.1) is 0 Å². The normalized spacial score (nSPS) is 10.3. The SMILES string of the molecule is CC(=O)c1cnc(-c2cc([N+](=O)[O-])ccc2C)nc1C. The monoisotopic (exact) mass is 271 g/mol. The van der Waals surface area contributed by atoms with E-state index >= 15 is 0 Å². The molecule has 6 nitrogen and oxygen atoms in total. The van der Waals surface area contributed by atoms with Crippen LogP contribution in [0.3, 0.4) is 0 Å². The summed E-state index contributed by atoms with van der Waals surface area (Å²) in [5.41, 5.74) is 2.44. The third-order valence-electron chi connectivity index (χ3n) is 3.03. The molecule has 0 fully saturated rings. The molecule has 0 saturated heterocycles. The molecule has 0 atom stereocenters. The number of benzene rings is 1. The van der Waals surface area contributed by atoms with Crippen LogP contribution in [-0.4, -0.2) is 20.7 Å². The van der Waals surface area contributed by atoms with Gasteiger partial charge in [0.05, 0.1) is 16.2 Å². The number of ketones is 1. The maximum absolute atomic E-state index is 11.4. The van der Waals surface area contributed by atoms with Gasteiger partial charge >= 0.3 is 0 Å². The summed E-state index contributed by atoms with van der Waals surface area (Å²) >= 11 is 0. The zero-order valence-electron chi connectivity index (χ0n) is 11.4. The van der Waals surface area contributed by atoms with Gasteiger partial charge in [-0.05, 0) is 26.3 Å². The van der Waals surface area contributed by atoms with E-state index in [1.807, 2.05) is 6.92 Å². The molecule has 20 heavy (non-hydrogen) atoms. The molecular formula is C14H13N3O3. The maximum atomic E-state index is 11.4. The molecule has 1 aromatic carbocycles. The summed E-state index contributed by atoms with van der Waals surface area (Å²) in [6.45, 7) is 5.00. The standard InChI is InChI=1S/C14H13N3O3/c1-8-4-5-11(17(19)20)6-12(8)14-15-7-13(10(3)18)9(2)16-14/h4-7H,1-3H3. The van der Waals surface area contributed by atoms with Crippen molar-refractivity contribution in [2.45, 2.75) is 20.8 Å². The van der Waals surface area contributed by atoms with Crippen molar-refractivity contribution in [2.24, 2.45) is 0 Å². The number of carbonyl (C=O) groups excluding carboxylic acids is 1. The second-order valence-corrected chi connectivity index (χ2v) is 4.51. The molecule has 1 heterocycles. The lowest BCUT2D eigenvalue weighted by molar-refractivity contribution is -0.384. The van der Waals surface area contributed by atoms with Crippen molar-refractivity contribution < 1.29 is 9.72 Å². The zero-order chi connectivity index (χ0) is 14.9. The van der Waals surface area contributed by atoms with E-state index in [1.165, 1.54) is 25.3 Å². The Labute approximate surface area is 115 Å². The van der Waals surface area contributed by atoms with E-state index < -0.39 is 4.92 Å². The number of aryl methyl sites for hydroxylation is 2. The number of nitro groups is 1. The van der Waals surface area contributed by atoms with Crippen LogP contribution < -0.4 is 0 Å². The summed E-state index contributed by atoms with van der Waals surface area (Å²) in [4.78, 5) is 30.1. The van der Waals surface area contributed by atoms with Gasteiger partial charge in [0.15, 0.2) is 11.6 Å². The van der Waals surface area contributed by atoms with Crippen molar-refractivity contribution in [3.63, 3.8) is 0 Å². The van der Waals surface area contributed by atoms with E-state index in [0.717, 1.165) is 5.56 Å². The van der Waals surface area contributed by atoms with E-state index in [-0.39, 0.29) is 11.5 Å². The van der Waals surface area contributed by atoms with Crippen molar-refractivity contribution >= 4 is 11.5 Å². The Hall–Kier alpha value is -2.63. The first-order valence-electron chi connectivity index (χ1n) is 6.00. The molecule has 0 spiro atoms. The Morgan fingerprint density at radius 1 is 1.30 bits per heavy atom. The molecule has 0 unspecified atom stereocenters. The smallest absolute Gasteiger partial charge is 0.270 e. The molecule has 1 aromatic heterocycles. The lowest BCUT2D eigenvalue weighted by atomic mass is 10.1. The average molecular weight is 271 g/mol. The maximum Gasteiger partial charge on any atom is 0.270 e. The van der Waals surface area contributed by atoms with Crippen LogP contribution in [0.2, 0.25) is 0 Å². The average Bonchev–Trinajstić information content (AvgIpc) is 2.38. The van der Waals surface area contributed by atoms with Gasteiger partial charge in [0.25, 0.3) is 5.69 Å². The van der Waals surface area contributed by atoms with Gasteiger partial charge in [0.1, 0.15) is 0 Å². The predicted molar refractivity (Wildman–Crippen MR) is 73.6 cm³/mol. The molecule has 6 heteroatoms. The van der Waals surface area contributed by atoms with Gasteiger partial charge in [0.2, 0.25) is 0 Å². The summed E-state index contributed by atoms with van der Waals surface area (Å²) in [5.74, 6) is 0.276. The third kappa shape index (κ3) is 2.54. The van der Waals surface area contributed by atoms with Gasteiger partial charge in [-0.2, -0.15) is 0 Å². The van der Waals surface area contributed by atoms with Crippen molar-refractivity contribution in [1.82, 2.24) is 9.97 Å². The summed E-state index contributed by atoms with van der Waals surface area (Å²) in [5, 5.41) is 10.8. The lowest BCUT2D eigenvalue weighted by Crippen LogP contribution is -2.03. The Morgan fingerprint density at radius 2 is 2.00 bits per heavy atom. The number of Topliss-reactive ketones (excluding diaryl/α,β-unsaturated/α-hetero) is 1. The van der Waals surface area contributed by atoms with Crippen LogP contribution in [0.5, 0.6) is 0 Å². The number of rotatable bonds is 3. The molecule has 2 rings (SSSR count). The topological polar surface area (TPSA) is 86.0 Å². The van der Waals surface area contributed by atoms with Gasteiger partial charge in [-0.25, -0.2) is 9.97 Å². The van der Waals surface area contributed by atoms with Gasteiger partial charge < -0.3 is 0 Å². The fraction of sp³-hybridized carbons (Fsp3) is 0.214. The molecule has 0 aliphatic heterocycles. The molecule has 102 valence electrons. The number of aromatic nitrogens is 2. The van der Waals surface area contributed by atoms with E-state index in [1.54, 1.807) is 13.0 Å². The highest BCUT2D eigenvalue weighted by Gasteiger charge is 2.14. The van der Waals surface area contributed by atoms with Crippen LogP contribution in [0.1, 0.15) is 28.5 Å². The molecular weight excluding hydrogens is 258 g/mol. The number of carbonyl (C=O) groups is 1. The van der Waals surface area contributed by atoms with Crippen LogP contribution in [-0.2, 0) is 0 Å². The molecule has 0 radical (unpaired) electrons. The van der Waals surface area contributed by atoms with E-state index in [4.69, 9.17) is 0 Å². The second kappa shape index (κ2) is 5.16. The Bertz CT molecular complexity index is 711. The number of hydrogen-bond donors (Lipinski definition) is 0. The summed E-state index contributed by atoms with van der Waals surface area (Å²) in [7, 11) is 0. The minimum Gasteiger partial charge on any atom is -0.294 e. The molecule has 2 aromatic rings. The first-order chi connectivity index (χ1) is 9.40. The van der Waals surface area contributed by atoms with Crippen LogP contribution in [0, 0.1) is 24.0 Å². The van der Waals surface area contributed by atoms with Crippen LogP contribution >= 0.6 is 0 Å². The fourth-order valence-corrected chi connectivity index (χ4v) is 1.91. The Balaban J connectivity index is 2.56. The van der Waals surface area contributed by atoms with Crippen molar-refractivity contribution in [3.05, 3.63) is 51.3 Å². The van der Waals surface area contributed by atoms with Crippen molar-refractivity contribution in [3.8, 4) is 11.4 Å². The van der Waals surface area contributed by atoms with Gasteiger partial charge in [-0.1, -0.05) is 6.07 Å². The summed E-state index contributed by atoms with van der Waals surface area (Å²) in [6.07, 6.45) is 1.46. The van der Waals surface area contributed by atoms with E-state index in [0.29, 0.717) is 22.6 Å². The molecule has 0 amide bonds. The Morgan fingerprint density at radius 3 is 2.55 bits per heavy atom. The van der Waals surface area contributed by atoms with Crippen LogP contribution in [0.25, 0.3) is 11.4 Å². The summed E-state index contributed by atoms with van der Waals surface area (Å²) in [6, 6.07) is 4.54. The van der Waals surface area contributed by atoms with Crippen LogP contribution in [0.15, 0.2) is 24.4 Å². The molecule has 0 bridgehead atoms. The minimum absolute atomic E-state index is 0.0116. The summed E-state index contributed by atoms with van der Waals surface area (Å²) < 4.78 is 0. The zero-order valence-corrected chi connectivity index (χ0v) is 11.4. The van der Waals surface area contributed by atoms with Gasteiger partial charge in [0, 0.05) is 23.9 Å². The fourth-order valence-electron chi connectivity index (χ4n) is 1.91. The first kappa shape index (κ1) is 13.8. The van der Waals surface area contributed by atoms with E-state index in [9.17, 15) is 14.9 Å². The lowest BCUT2D eigenvalue weighted by Gasteiger charge is -2.07. The number of nitrogens with zero attached hydrogens (tertiary/aromatic N) is 3. The highest BCUT2D eigenvalue weighted by Crippen LogP contribution is 2.25. The number of hydrogen-bond acceptors (Lipinski definition) is 5. The van der Waals surface area contributed by atoms with Gasteiger partial charge in [-0.3, -0.25) is 14.9 Å². The number of non-ortho nitro benzene ring substituents is 1. The van der Waals surface area contributed by atoms with E-state index in [2.05, 4.69) is 9.97 Å². The highest BCUT2D eigenvalue weighted by molar-refractivity contribution is 5.94. The first-order valence-corrected chi connectivity index (χ1v) is 6.00. The molecule has 0 saturated carbocycles. The largest absolute Gasteiger partial charge is 0.294 e. The Kier molecular flexibility index (Phi) is 3.56. The molecule has 0 N–H and O–H groups in total.